The van der Waals surface area contributed by atoms with Gasteiger partial charge >= 0.3 is 5.97 Å². The van der Waals surface area contributed by atoms with Crippen LogP contribution in [0, 0.1) is 17.7 Å². The maximum Gasteiger partial charge on any atom is 0.329 e. The van der Waals surface area contributed by atoms with E-state index < -0.39 is 53.6 Å². The Balaban J connectivity index is 2.17. The van der Waals surface area contributed by atoms with E-state index in [-0.39, 0.29) is 12.1 Å². The number of carbonyl (C=O) groups is 3. The number of hydrogen-bond acceptors (Lipinski definition) is 6. The van der Waals surface area contributed by atoms with E-state index in [1.54, 1.807) is 13.0 Å². The van der Waals surface area contributed by atoms with Crippen LogP contribution in [-0.2, 0) is 19.1 Å². The van der Waals surface area contributed by atoms with Gasteiger partial charge in [-0.25, -0.2) is 9.18 Å². The summed E-state index contributed by atoms with van der Waals surface area (Å²) in [6.45, 7) is 1.03. The van der Waals surface area contributed by atoms with Crippen LogP contribution >= 0.6 is 0 Å². The highest BCUT2D eigenvalue weighted by molar-refractivity contribution is 6.09. The van der Waals surface area contributed by atoms with Crippen molar-refractivity contribution in [2.24, 2.45) is 11.8 Å². The highest BCUT2D eigenvalue weighted by Crippen LogP contribution is 2.49. The Morgan fingerprint density at radius 3 is 2.60 bits per heavy atom. The molecule has 2 amide bonds. The largest absolute Gasteiger partial charge is 0.468 e. The molecule has 2 heterocycles. The van der Waals surface area contributed by atoms with E-state index in [1.165, 1.54) is 18.2 Å². The van der Waals surface area contributed by atoms with E-state index >= 15 is 0 Å². The van der Waals surface area contributed by atoms with Gasteiger partial charge < -0.3 is 9.84 Å². The van der Waals surface area contributed by atoms with Crippen LogP contribution in [0.5, 0.6) is 0 Å². The number of hydrogen-bond donors (Lipinski definition) is 2. The number of esters is 1. The number of halogens is 1. The molecule has 2 N–H and O–H groups in total. The van der Waals surface area contributed by atoms with Gasteiger partial charge in [-0.3, -0.25) is 19.8 Å². The number of methoxy groups -OCH3 is 1. The summed E-state index contributed by atoms with van der Waals surface area (Å²) in [5, 5.41) is 12.8. The summed E-state index contributed by atoms with van der Waals surface area (Å²) >= 11 is 0. The molecule has 2 saturated heterocycles. The minimum absolute atomic E-state index is 0.136. The van der Waals surface area contributed by atoms with Gasteiger partial charge in [0.2, 0.25) is 11.8 Å². The summed E-state index contributed by atoms with van der Waals surface area (Å²) < 4.78 is 19.1. The predicted molar refractivity (Wildman–Crippen MR) is 83.5 cm³/mol. The van der Waals surface area contributed by atoms with E-state index in [1.807, 2.05) is 0 Å². The van der Waals surface area contributed by atoms with Crippen LogP contribution in [0.3, 0.4) is 0 Å². The van der Waals surface area contributed by atoms with Gasteiger partial charge in [-0.15, -0.1) is 0 Å². The van der Waals surface area contributed by atoms with Crippen LogP contribution < -0.4 is 5.32 Å². The monoisotopic (exact) mass is 350 g/mol. The molecule has 0 aromatic heterocycles. The molecule has 0 saturated carbocycles. The molecule has 1 aromatic rings. The molecule has 2 aliphatic heterocycles. The normalized spacial score (nSPS) is 31.4. The molecule has 2 fully saturated rings. The van der Waals surface area contributed by atoms with Crippen LogP contribution in [0.4, 0.5) is 4.39 Å². The first-order chi connectivity index (χ1) is 11.9. The van der Waals surface area contributed by atoms with Crippen molar-refractivity contribution < 1.29 is 28.6 Å². The summed E-state index contributed by atoms with van der Waals surface area (Å²) in [6, 6.07) is 4.91. The smallest absolute Gasteiger partial charge is 0.329 e. The van der Waals surface area contributed by atoms with Crippen LogP contribution in [-0.4, -0.2) is 53.6 Å². The van der Waals surface area contributed by atoms with Gasteiger partial charge in [0, 0.05) is 18.2 Å². The van der Waals surface area contributed by atoms with Crippen molar-refractivity contribution in [3.05, 3.63) is 35.6 Å². The molecule has 4 unspecified atom stereocenters. The number of rotatable bonds is 4. The van der Waals surface area contributed by atoms with Gasteiger partial charge in [-0.05, 0) is 13.0 Å². The summed E-state index contributed by atoms with van der Waals surface area (Å²) in [5.74, 6) is -4.62. The molecule has 4 atom stereocenters. The van der Waals surface area contributed by atoms with Crippen LogP contribution in [0.25, 0.3) is 0 Å². The first-order valence-electron chi connectivity index (χ1n) is 7.99. The Morgan fingerprint density at radius 1 is 1.36 bits per heavy atom. The lowest BCUT2D eigenvalue weighted by Gasteiger charge is -2.30. The Labute approximate surface area is 143 Å². The highest BCUT2D eigenvalue weighted by atomic mass is 19.1. The number of aliphatic hydroxyl groups is 1. The molecule has 0 radical (unpaired) electrons. The Hall–Kier alpha value is -2.32. The van der Waals surface area contributed by atoms with Gasteiger partial charge in [0.05, 0.1) is 25.6 Å². The lowest BCUT2D eigenvalue weighted by Crippen LogP contribution is -2.58. The fourth-order valence-electron chi connectivity index (χ4n) is 3.95. The third kappa shape index (κ3) is 2.28. The third-order valence-corrected chi connectivity index (χ3v) is 5.10. The number of fused-ring (bicyclic) bond motifs is 1. The zero-order valence-electron chi connectivity index (χ0n) is 13.9. The molecule has 7 nitrogen and oxygen atoms in total. The number of benzene rings is 1. The van der Waals surface area contributed by atoms with Crippen molar-refractivity contribution in [2.45, 2.75) is 18.5 Å². The van der Waals surface area contributed by atoms with Crippen molar-refractivity contribution in [1.82, 2.24) is 10.2 Å². The molecule has 3 rings (SSSR count). The molecule has 0 aliphatic carbocycles. The number of aliphatic hydroxyl groups excluding tert-OH is 1. The average molecular weight is 350 g/mol. The van der Waals surface area contributed by atoms with Crippen molar-refractivity contribution >= 4 is 17.8 Å². The minimum Gasteiger partial charge on any atom is -0.468 e. The molecular weight excluding hydrogens is 331 g/mol. The second-order valence-corrected chi connectivity index (χ2v) is 6.19. The molecule has 134 valence electrons. The van der Waals surface area contributed by atoms with Crippen LogP contribution in [0.15, 0.2) is 24.3 Å². The topological polar surface area (TPSA) is 95.9 Å². The van der Waals surface area contributed by atoms with Crippen LogP contribution in [0.2, 0.25) is 0 Å². The number of likely N-dealkylation sites (tertiary alicyclic amines) is 1. The standard InChI is InChI=1S/C17H19FN2O5/c1-3-20-14(22)11-12(15(20)23)17(8-21,16(24)25-2)19-13(11)9-6-4-5-7-10(9)18/h4-7,11-13,19,21H,3,8H2,1-2H3. The SMILES string of the molecule is CCN1C(=O)C2C(c3ccccc3F)NC(CO)(C(=O)OC)C2C1=O. The second-order valence-electron chi connectivity index (χ2n) is 6.19. The summed E-state index contributed by atoms with van der Waals surface area (Å²) in [4.78, 5) is 38.9. The van der Waals surface area contributed by atoms with Crippen molar-refractivity contribution in [1.29, 1.82) is 0 Å². The molecule has 0 bridgehead atoms. The molecular formula is C17H19FN2O5. The molecule has 2 aliphatic rings. The maximum absolute atomic E-state index is 14.3. The summed E-state index contributed by atoms with van der Waals surface area (Å²) in [6.07, 6.45) is 0. The zero-order chi connectivity index (χ0) is 18.4. The Bertz CT molecular complexity index is 740. The van der Waals surface area contributed by atoms with E-state index in [0.29, 0.717) is 0 Å². The number of ether oxygens (including phenoxy) is 1. The van der Waals surface area contributed by atoms with E-state index in [0.717, 1.165) is 12.0 Å². The number of amides is 2. The lowest BCUT2D eigenvalue weighted by molar-refractivity contribution is -0.156. The van der Waals surface area contributed by atoms with Crippen LogP contribution in [0.1, 0.15) is 18.5 Å². The number of nitrogens with zero attached hydrogens (tertiary/aromatic N) is 1. The first kappa shape index (κ1) is 17.5. The molecule has 1 aromatic carbocycles. The second kappa shape index (κ2) is 6.20. The van der Waals surface area contributed by atoms with Gasteiger partial charge in [0.15, 0.2) is 5.54 Å². The number of imide groups is 1. The number of carbonyl (C=O) groups excluding carboxylic acids is 3. The Morgan fingerprint density at radius 2 is 2.04 bits per heavy atom. The highest BCUT2D eigenvalue weighted by Gasteiger charge is 2.68. The predicted octanol–water partition coefficient (Wildman–Crippen LogP) is -0.00480. The van der Waals surface area contributed by atoms with Gasteiger partial charge in [0.25, 0.3) is 0 Å². The Kier molecular flexibility index (Phi) is 4.34. The average Bonchev–Trinajstić information content (AvgIpc) is 3.09. The van der Waals surface area contributed by atoms with Gasteiger partial charge in [-0.1, -0.05) is 18.2 Å². The third-order valence-electron chi connectivity index (χ3n) is 5.10. The fourth-order valence-corrected chi connectivity index (χ4v) is 3.95. The quantitative estimate of drug-likeness (QED) is 0.586. The van der Waals surface area contributed by atoms with E-state index in [2.05, 4.69) is 5.32 Å². The van der Waals surface area contributed by atoms with E-state index in [4.69, 9.17) is 4.74 Å². The van der Waals surface area contributed by atoms with Crippen molar-refractivity contribution in [3.63, 3.8) is 0 Å². The van der Waals surface area contributed by atoms with Gasteiger partial charge in [-0.2, -0.15) is 0 Å². The van der Waals surface area contributed by atoms with Gasteiger partial charge in [0.1, 0.15) is 5.82 Å². The maximum atomic E-state index is 14.3. The molecule has 25 heavy (non-hydrogen) atoms. The zero-order valence-corrected chi connectivity index (χ0v) is 13.9. The minimum atomic E-state index is -1.79. The van der Waals surface area contributed by atoms with Crippen molar-refractivity contribution in [3.8, 4) is 0 Å². The fraction of sp³-hybridized carbons (Fsp3) is 0.471. The first-order valence-corrected chi connectivity index (χ1v) is 7.99. The number of nitrogens with one attached hydrogen (secondary N) is 1. The molecule has 8 heteroatoms. The lowest BCUT2D eigenvalue weighted by atomic mass is 9.79. The summed E-state index contributed by atoms with van der Waals surface area (Å²) in [7, 11) is 1.13. The van der Waals surface area contributed by atoms with E-state index in [9.17, 15) is 23.9 Å². The van der Waals surface area contributed by atoms with Crippen molar-refractivity contribution in [2.75, 3.05) is 20.3 Å². The summed E-state index contributed by atoms with van der Waals surface area (Å²) in [5.41, 5.74) is -1.63. The molecule has 0 spiro atoms.